The summed E-state index contributed by atoms with van der Waals surface area (Å²) in [7, 11) is 1.59. The highest BCUT2D eigenvalue weighted by molar-refractivity contribution is 5.80. The number of ether oxygens (including phenoxy) is 1. The van der Waals surface area contributed by atoms with Gasteiger partial charge in [-0.05, 0) is 17.7 Å². The quantitative estimate of drug-likeness (QED) is 0.514. The minimum atomic E-state index is -0.269. The highest BCUT2D eigenvalue weighted by Gasteiger charge is 2.12. The van der Waals surface area contributed by atoms with E-state index < -0.39 is 0 Å². The smallest absolute Gasteiger partial charge is 0.277 e. The maximum absolute atomic E-state index is 13.2. The molecule has 0 saturated carbocycles. The van der Waals surface area contributed by atoms with E-state index in [1.54, 1.807) is 29.9 Å². The summed E-state index contributed by atoms with van der Waals surface area (Å²) >= 11 is 0. The van der Waals surface area contributed by atoms with E-state index in [1.165, 1.54) is 6.08 Å². The van der Waals surface area contributed by atoms with Crippen LogP contribution in [0.1, 0.15) is 16.8 Å². The minimum Gasteiger partial charge on any atom is -0.507 e. The lowest BCUT2D eigenvalue weighted by atomic mass is 10.1. The first kappa shape index (κ1) is 18.5. The fourth-order valence-corrected chi connectivity index (χ4v) is 3.21. The standard InChI is InChI=1S/C24H20N2O3/c1-29-19-12-13-22-20(14-19)25-21(15-23(27)18-10-6-3-7-11-18)24(28)26(22)16-17-8-4-2-5-9-17/h2-15,27H,16H2,1H3/b23-15-. The van der Waals surface area contributed by atoms with Crippen molar-refractivity contribution in [1.82, 2.24) is 9.55 Å². The Morgan fingerprint density at radius 2 is 1.72 bits per heavy atom. The molecule has 1 heterocycles. The number of hydrogen-bond acceptors (Lipinski definition) is 4. The molecule has 0 atom stereocenters. The third-order valence-corrected chi connectivity index (χ3v) is 4.71. The zero-order valence-electron chi connectivity index (χ0n) is 15.9. The van der Waals surface area contributed by atoms with Crippen molar-refractivity contribution in [2.45, 2.75) is 6.54 Å². The van der Waals surface area contributed by atoms with Gasteiger partial charge in [-0.15, -0.1) is 0 Å². The molecule has 0 fully saturated rings. The van der Waals surface area contributed by atoms with Crippen LogP contribution in [0, 0.1) is 0 Å². The molecule has 5 heteroatoms. The second kappa shape index (κ2) is 8.02. The summed E-state index contributed by atoms with van der Waals surface area (Å²) in [5, 5.41) is 10.5. The second-order valence-electron chi connectivity index (χ2n) is 6.62. The van der Waals surface area contributed by atoms with E-state index in [1.807, 2.05) is 60.7 Å². The Morgan fingerprint density at radius 1 is 1.03 bits per heavy atom. The van der Waals surface area contributed by atoms with E-state index in [0.717, 1.165) is 5.56 Å². The summed E-state index contributed by atoms with van der Waals surface area (Å²) in [6.07, 6.45) is 1.41. The number of hydrogen-bond donors (Lipinski definition) is 1. The van der Waals surface area contributed by atoms with Gasteiger partial charge in [-0.2, -0.15) is 0 Å². The monoisotopic (exact) mass is 384 g/mol. The molecular weight excluding hydrogens is 364 g/mol. The number of aromatic nitrogens is 2. The summed E-state index contributed by atoms with van der Waals surface area (Å²) in [4.78, 5) is 17.7. The molecule has 4 rings (SSSR count). The van der Waals surface area contributed by atoms with E-state index in [0.29, 0.717) is 28.9 Å². The summed E-state index contributed by atoms with van der Waals surface area (Å²) in [6, 6.07) is 24.2. The first-order valence-electron chi connectivity index (χ1n) is 9.24. The molecule has 29 heavy (non-hydrogen) atoms. The fraction of sp³-hybridized carbons (Fsp3) is 0.0833. The predicted octanol–water partition coefficient (Wildman–Crippen LogP) is 4.51. The molecule has 0 aliphatic carbocycles. The van der Waals surface area contributed by atoms with Gasteiger partial charge in [0.15, 0.2) is 0 Å². The summed E-state index contributed by atoms with van der Waals surface area (Å²) in [5.74, 6) is 0.640. The lowest BCUT2D eigenvalue weighted by Gasteiger charge is -2.12. The summed E-state index contributed by atoms with van der Waals surface area (Å²) < 4.78 is 6.98. The van der Waals surface area contributed by atoms with E-state index >= 15 is 0 Å². The molecule has 0 bridgehead atoms. The number of nitrogens with zero attached hydrogens (tertiary/aromatic N) is 2. The zero-order valence-corrected chi connectivity index (χ0v) is 15.9. The van der Waals surface area contributed by atoms with Gasteiger partial charge in [0.05, 0.1) is 24.7 Å². The third kappa shape index (κ3) is 3.89. The van der Waals surface area contributed by atoms with E-state index in [2.05, 4.69) is 4.98 Å². The lowest BCUT2D eigenvalue weighted by Crippen LogP contribution is -2.25. The fourth-order valence-electron chi connectivity index (χ4n) is 3.21. The molecule has 0 aliphatic rings. The summed E-state index contributed by atoms with van der Waals surface area (Å²) in [6.45, 7) is 0.401. The third-order valence-electron chi connectivity index (χ3n) is 4.71. The van der Waals surface area contributed by atoms with Gasteiger partial charge in [0.2, 0.25) is 0 Å². The maximum Gasteiger partial charge on any atom is 0.277 e. The van der Waals surface area contributed by atoms with Crippen LogP contribution in [0.15, 0.2) is 83.7 Å². The molecule has 0 spiro atoms. The first-order valence-corrected chi connectivity index (χ1v) is 9.24. The van der Waals surface area contributed by atoms with Crippen molar-refractivity contribution in [3.63, 3.8) is 0 Å². The Morgan fingerprint density at radius 3 is 2.41 bits per heavy atom. The average molecular weight is 384 g/mol. The van der Waals surface area contributed by atoms with Gasteiger partial charge >= 0.3 is 0 Å². The minimum absolute atomic E-state index is 0.0105. The number of benzene rings is 3. The molecule has 144 valence electrons. The Kier molecular flexibility index (Phi) is 5.12. The average Bonchev–Trinajstić information content (AvgIpc) is 2.77. The second-order valence-corrected chi connectivity index (χ2v) is 6.62. The molecule has 1 N–H and O–H groups in total. The number of rotatable bonds is 5. The Labute approximate surface area is 168 Å². The molecule has 1 aromatic heterocycles. The van der Waals surface area contributed by atoms with Crippen LogP contribution in [0.2, 0.25) is 0 Å². The maximum atomic E-state index is 13.2. The first-order chi connectivity index (χ1) is 14.2. The van der Waals surface area contributed by atoms with Crippen molar-refractivity contribution >= 4 is 22.9 Å². The van der Waals surface area contributed by atoms with Gasteiger partial charge in [0.1, 0.15) is 17.2 Å². The van der Waals surface area contributed by atoms with Crippen LogP contribution in [0.5, 0.6) is 5.75 Å². The van der Waals surface area contributed by atoms with Crippen LogP contribution in [0.4, 0.5) is 0 Å². The van der Waals surface area contributed by atoms with Crippen LogP contribution in [0.3, 0.4) is 0 Å². The Hall–Kier alpha value is -3.86. The highest BCUT2D eigenvalue weighted by Crippen LogP contribution is 2.20. The molecule has 0 amide bonds. The van der Waals surface area contributed by atoms with Crippen LogP contribution in [-0.4, -0.2) is 21.8 Å². The topological polar surface area (TPSA) is 64.3 Å². The van der Waals surface area contributed by atoms with Crippen molar-refractivity contribution in [2.75, 3.05) is 7.11 Å². The predicted molar refractivity (Wildman–Crippen MR) is 115 cm³/mol. The van der Waals surface area contributed by atoms with Crippen LogP contribution in [0.25, 0.3) is 22.9 Å². The molecule has 0 radical (unpaired) electrons. The van der Waals surface area contributed by atoms with E-state index in [9.17, 15) is 9.90 Å². The van der Waals surface area contributed by atoms with Gasteiger partial charge < -0.3 is 14.4 Å². The van der Waals surface area contributed by atoms with Crippen LogP contribution in [-0.2, 0) is 6.54 Å². The highest BCUT2D eigenvalue weighted by atomic mass is 16.5. The van der Waals surface area contributed by atoms with Crippen molar-refractivity contribution in [3.8, 4) is 5.75 Å². The Balaban J connectivity index is 1.90. The summed E-state index contributed by atoms with van der Waals surface area (Å²) in [5.41, 5.74) is 2.84. The molecule has 0 unspecified atom stereocenters. The number of methoxy groups -OCH3 is 1. The molecular formula is C24H20N2O3. The van der Waals surface area contributed by atoms with Crippen LogP contribution < -0.4 is 10.3 Å². The molecule has 0 saturated heterocycles. The van der Waals surface area contributed by atoms with Crippen LogP contribution >= 0.6 is 0 Å². The van der Waals surface area contributed by atoms with Gasteiger partial charge in [-0.1, -0.05) is 60.7 Å². The van der Waals surface area contributed by atoms with Crippen molar-refractivity contribution in [3.05, 3.63) is 106 Å². The van der Waals surface area contributed by atoms with Crippen molar-refractivity contribution < 1.29 is 9.84 Å². The SMILES string of the molecule is COc1ccc2c(c1)nc(/C=C(\O)c1ccccc1)c(=O)n2Cc1ccccc1. The van der Waals surface area contributed by atoms with Gasteiger partial charge in [0, 0.05) is 17.7 Å². The number of fused-ring (bicyclic) bond motifs is 1. The van der Waals surface area contributed by atoms with Gasteiger partial charge in [0.25, 0.3) is 5.56 Å². The lowest BCUT2D eigenvalue weighted by molar-refractivity contribution is 0.415. The Bertz CT molecular complexity index is 1230. The van der Waals surface area contributed by atoms with Gasteiger partial charge in [-0.3, -0.25) is 4.79 Å². The molecule has 3 aromatic carbocycles. The molecule has 4 aromatic rings. The number of aliphatic hydroxyl groups excluding tert-OH is 1. The number of aliphatic hydroxyl groups is 1. The van der Waals surface area contributed by atoms with Crippen molar-refractivity contribution in [2.24, 2.45) is 0 Å². The molecule has 0 aliphatic heterocycles. The molecule has 5 nitrogen and oxygen atoms in total. The van der Waals surface area contributed by atoms with E-state index in [-0.39, 0.29) is 17.0 Å². The van der Waals surface area contributed by atoms with Crippen molar-refractivity contribution in [1.29, 1.82) is 0 Å². The normalized spacial score (nSPS) is 11.6. The van der Waals surface area contributed by atoms with E-state index in [4.69, 9.17) is 4.74 Å². The zero-order chi connectivity index (χ0) is 20.2. The van der Waals surface area contributed by atoms with Gasteiger partial charge in [-0.25, -0.2) is 4.98 Å². The largest absolute Gasteiger partial charge is 0.507 e.